The molecule has 1 aromatic rings. The summed E-state index contributed by atoms with van der Waals surface area (Å²) in [4.78, 5) is 10.9. The number of rotatable bonds is 5. The summed E-state index contributed by atoms with van der Waals surface area (Å²) in [6.45, 7) is 0.0542. The largest absolute Gasteiger partial charge is 0.465 e. The van der Waals surface area contributed by atoms with Gasteiger partial charge in [-0.05, 0) is 31.0 Å². The van der Waals surface area contributed by atoms with E-state index in [-0.39, 0.29) is 19.0 Å². The molecule has 148 valence electrons. The molecular weight excluding hydrogens is 397 g/mol. The third kappa shape index (κ3) is 4.67. The summed E-state index contributed by atoms with van der Waals surface area (Å²) in [7, 11) is -3.28. The van der Waals surface area contributed by atoms with Crippen LogP contribution in [0.4, 0.5) is 13.2 Å². The molecule has 6 nitrogen and oxygen atoms in total. The minimum atomic E-state index is -4.91. The number of carbonyl (C=O) groups is 1. The van der Waals surface area contributed by atoms with Crippen LogP contribution in [-0.4, -0.2) is 33.6 Å². The van der Waals surface area contributed by atoms with E-state index in [2.05, 4.69) is 9.46 Å². The van der Waals surface area contributed by atoms with Crippen molar-refractivity contribution in [3.8, 4) is 0 Å². The van der Waals surface area contributed by atoms with Crippen LogP contribution in [0.1, 0.15) is 41.6 Å². The van der Waals surface area contributed by atoms with Crippen LogP contribution in [0.25, 0.3) is 0 Å². The van der Waals surface area contributed by atoms with Crippen LogP contribution < -0.4 is 10.5 Å². The Morgan fingerprint density at radius 2 is 1.88 bits per heavy atom. The third-order valence-corrected chi connectivity index (χ3v) is 5.89. The Bertz CT molecular complexity index is 763. The number of esters is 1. The van der Waals surface area contributed by atoms with Gasteiger partial charge in [-0.25, -0.2) is 17.9 Å². The van der Waals surface area contributed by atoms with Crippen molar-refractivity contribution in [2.75, 3.05) is 13.7 Å². The maximum Gasteiger partial charge on any atom is 0.417 e. The minimum Gasteiger partial charge on any atom is -0.465 e. The van der Waals surface area contributed by atoms with Gasteiger partial charge >= 0.3 is 12.1 Å². The first-order chi connectivity index (χ1) is 11.5. The van der Waals surface area contributed by atoms with Crippen molar-refractivity contribution in [3.63, 3.8) is 0 Å². The van der Waals surface area contributed by atoms with Gasteiger partial charge in [-0.3, -0.25) is 0 Å². The quantitative estimate of drug-likeness (QED) is 0.718. The first kappa shape index (κ1) is 22.7. The predicted octanol–water partition coefficient (Wildman–Crippen LogP) is 2.46. The van der Waals surface area contributed by atoms with Crippen LogP contribution in [0.3, 0.4) is 0 Å². The molecule has 26 heavy (non-hydrogen) atoms. The zero-order valence-electron chi connectivity index (χ0n) is 13.9. The molecule has 0 spiro atoms. The normalized spacial score (nSPS) is 16.8. The fourth-order valence-corrected chi connectivity index (χ4v) is 4.45. The standard InChI is InChI=1S/C15H19F3N2O4S.ClH/c1-24-13(21)11-5-4-10(8-12(11)15(16,17)18)25(22,23)20-14(9-19)6-2-3-7-14;/h4-5,8,20H,2-3,6-7,9,19H2,1H3;1H. The monoisotopic (exact) mass is 416 g/mol. The highest BCUT2D eigenvalue weighted by molar-refractivity contribution is 7.89. The Morgan fingerprint density at radius 3 is 2.35 bits per heavy atom. The van der Waals surface area contributed by atoms with Gasteiger partial charge in [0.1, 0.15) is 0 Å². The van der Waals surface area contributed by atoms with E-state index in [9.17, 15) is 26.4 Å². The van der Waals surface area contributed by atoms with E-state index in [1.165, 1.54) is 0 Å². The molecule has 0 heterocycles. The molecule has 0 aliphatic heterocycles. The zero-order valence-corrected chi connectivity index (χ0v) is 15.6. The first-order valence-corrected chi connectivity index (χ1v) is 9.07. The van der Waals surface area contributed by atoms with Crippen molar-refractivity contribution in [3.05, 3.63) is 29.3 Å². The molecule has 1 aliphatic rings. The Labute approximate surface area is 155 Å². The summed E-state index contributed by atoms with van der Waals surface area (Å²) in [6, 6.07) is 2.18. The molecule has 11 heteroatoms. The fraction of sp³-hybridized carbons (Fsp3) is 0.533. The van der Waals surface area contributed by atoms with E-state index in [4.69, 9.17) is 5.73 Å². The molecular formula is C15H20ClF3N2O4S. The van der Waals surface area contributed by atoms with Crippen LogP contribution in [0.2, 0.25) is 0 Å². The average Bonchev–Trinajstić information content (AvgIpc) is 3.01. The number of nitrogens with one attached hydrogen (secondary N) is 1. The second-order valence-corrected chi connectivity index (χ2v) is 7.68. The highest BCUT2D eigenvalue weighted by Crippen LogP contribution is 2.35. The number of methoxy groups -OCH3 is 1. The Hall–Kier alpha value is -1.36. The lowest BCUT2D eigenvalue weighted by atomic mass is 10.0. The van der Waals surface area contributed by atoms with E-state index in [0.717, 1.165) is 32.1 Å². The summed E-state index contributed by atoms with van der Waals surface area (Å²) < 4.78 is 71.5. The van der Waals surface area contributed by atoms with Crippen molar-refractivity contribution in [1.82, 2.24) is 4.72 Å². The third-order valence-electron chi connectivity index (χ3n) is 4.31. The van der Waals surface area contributed by atoms with Gasteiger partial charge in [0.25, 0.3) is 0 Å². The maximum atomic E-state index is 13.2. The lowest BCUT2D eigenvalue weighted by Crippen LogP contribution is -2.51. The molecule has 2 rings (SSSR count). The van der Waals surface area contributed by atoms with Crippen molar-refractivity contribution in [2.24, 2.45) is 5.73 Å². The summed E-state index contributed by atoms with van der Waals surface area (Å²) >= 11 is 0. The topological polar surface area (TPSA) is 98.5 Å². The van der Waals surface area contributed by atoms with Gasteiger partial charge in [0, 0.05) is 12.1 Å². The second kappa shape index (κ2) is 8.12. The number of carbonyl (C=O) groups excluding carboxylic acids is 1. The molecule has 0 atom stereocenters. The maximum absolute atomic E-state index is 13.2. The summed E-state index contributed by atoms with van der Waals surface area (Å²) in [6.07, 6.45) is -2.29. The molecule has 0 saturated heterocycles. The van der Waals surface area contributed by atoms with E-state index < -0.39 is 43.7 Å². The highest BCUT2D eigenvalue weighted by Gasteiger charge is 2.39. The van der Waals surface area contributed by atoms with Crippen molar-refractivity contribution in [1.29, 1.82) is 0 Å². The first-order valence-electron chi connectivity index (χ1n) is 7.58. The van der Waals surface area contributed by atoms with Gasteiger partial charge in [0.15, 0.2) is 0 Å². The molecule has 0 unspecified atom stereocenters. The smallest absolute Gasteiger partial charge is 0.417 e. The number of nitrogens with two attached hydrogens (primary N) is 1. The Balaban J connectivity index is 0.00000338. The number of alkyl halides is 3. The van der Waals surface area contributed by atoms with Crippen LogP contribution >= 0.6 is 12.4 Å². The Morgan fingerprint density at radius 1 is 1.31 bits per heavy atom. The van der Waals surface area contributed by atoms with Crippen LogP contribution in [0, 0.1) is 0 Å². The number of ether oxygens (including phenoxy) is 1. The summed E-state index contributed by atoms with van der Waals surface area (Å²) in [5.41, 5.74) is 2.71. The molecule has 1 fully saturated rings. The lowest BCUT2D eigenvalue weighted by molar-refractivity contribution is -0.138. The van der Waals surface area contributed by atoms with E-state index >= 15 is 0 Å². The molecule has 1 aliphatic carbocycles. The fourth-order valence-electron chi connectivity index (χ4n) is 2.96. The summed E-state index contributed by atoms with van der Waals surface area (Å²) in [5.74, 6) is -1.20. The number of hydrogen-bond acceptors (Lipinski definition) is 5. The Kier molecular flexibility index (Phi) is 7.08. The lowest BCUT2D eigenvalue weighted by Gasteiger charge is -2.28. The van der Waals surface area contributed by atoms with Gasteiger partial charge in [-0.15, -0.1) is 12.4 Å². The van der Waals surface area contributed by atoms with Crippen molar-refractivity contribution < 1.29 is 31.1 Å². The SMILES string of the molecule is COC(=O)c1ccc(S(=O)(=O)NC2(CN)CCCC2)cc1C(F)(F)F.Cl. The van der Waals surface area contributed by atoms with Crippen LogP contribution in [-0.2, 0) is 20.9 Å². The zero-order chi connectivity index (χ0) is 18.9. The highest BCUT2D eigenvalue weighted by atomic mass is 35.5. The van der Waals surface area contributed by atoms with E-state index in [0.29, 0.717) is 18.9 Å². The van der Waals surface area contributed by atoms with E-state index in [1.54, 1.807) is 0 Å². The van der Waals surface area contributed by atoms with Gasteiger partial charge in [0.2, 0.25) is 10.0 Å². The number of sulfonamides is 1. The molecule has 0 aromatic heterocycles. The van der Waals surface area contributed by atoms with Crippen molar-refractivity contribution >= 4 is 28.4 Å². The van der Waals surface area contributed by atoms with Gasteiger partial charge in [0.05, 0.1) is 23.1 Å². The van der Waals surface area contributed by atoms with Gasteiger partial charge in [-0.2, -0.15) is 13.2 Å². The molecule has 3 N–H and O–H groups in total. The molecule has 0 amide bonds. The van der Waals surface area contributed by atoms with E-state index in [1.807, 2.05) is 0 Å². The van der Waals surface area contributed by atoms with Gasteiger partial charge < -0.3 is 10.5 Å². The summed E-state index contributed by atoms with van der Waals surface area (Å²) in [5, 5.41) is 0. The molecule has 0 bridgehead atoms. The molecule has 1 aromatic carbocycles. The number of halogens is 4. The number of benzene rings is 1. The molecule has 1 saturated carbocycles. The van der Waals surface area contributed by atoms with Crippen LogP contribution in [0.5, 0.6) is 0 Å². The second-order valence-electron chi connectivity index (χ2n) is 5.99. The number of hydrogen-bond donors (Lipinski definition) is 2. The average molecular weight is 417 g/mol. The predicted molar refractivity (Wildman–Crippen MR) is 90.6 cm³/mol. The van der Waals surface area contributed by atoms with Gasteiger partial charge in [-0.1, -0.05) is 12.8 Å². The van der Waals surface area contributed by atoms with Crippen LogP contribution in [0.15, 0.2) is 23.1 Å². The molecule has 0 radical (unpaired) electrons. The van der Waals surface area contributed by atoms with Crippen molar-refractivity contribution in [2.45, 2.75) is 42.3 Å². The minimum absolute atomic E-state index is 0.